The van der Waals surface area contributed by atoms with Gasteiger partial charge in [-0.15, -0.1) is 0 Å². The molecule has 0 aliphatic heterocycles. The SMILES string of the molecule is CCC1CC1Nc1cc(C#N)ccc1N. The maximum Gasteiger partial charge on any atom is 0.0992 e. The van der Waals surface area contributed by atoms with Crippen LogP contribution in [0.4, 0.5) is 11.4 Å². The summed E-state index contributed by atoms with van der Waals surface area (Å²) in [6, 6.07) is 8.01. The molecule has 0 heterocycles. The topological polar surface area (TPSA) is 61.8 Å². The van der Waals surface area contributed by atoms with Crippen LogP contribution in [0.5, 0.6) is 0 Å². The molecule has 0 spiro atoms. The van der Waals surface area contributed by atoms with Crippen molar-refractivity contribution < 1.29 is 0 Å². The van der Waals surface area contributed by atoms with Crippen LogP contribution in [-0.2, 0) is 0 Å². The van der Waals surface area contributed by atoms with Crippen molar-refractivity contribution in [3.8, 4) is 6.07 Å². The number of nitrogen functional groups attached to an aromatic ring is 1. The number of anilines is 2. The van der Waals surface area contributed by atoms with E-state index in [1.54, 1.807) is 12.1 Å². The molecular formula is C12H15N3. The van der Waals surface area contributed by atoms with Crippen LogP contribution in [0.1, 0.15) is 25.3 Å². The van der Waals surface area contributed by atoms with Crippen molar-refractivity contribution in [3.05, 3.63) is 23.8 Å². The first-order valence-corrected chi connectivity index (χ1v) is 5.30. The fourth-order valence-electron chi connectivity index (χ4n) is 1.83. The highest BCUT2D eigenvalue weighted by atomic mass is 15.0. The lowest BCUT2D eigenvalue weighted by molar-refractivity contribution is 0.775. The lowest BCUT2D eigenvalue weighted by Gasteiger charge is -2.08. The number of hydrogen-bond donors (Lipinski definition) is 2. The van der Waals surface area contributed by atoms with Gasteiger partial charge in [0.15, 0.2) is 0 Å². The zero-order valence-electron chi connectivity index (χ0n) is 8.83. The predicted molar refractivity (Wildman–Crippen MR) is 61.4 cm³/mol. The number of nitrogens with one attached hydrogen (secondary N) is 1. The van der Waals surface area contributed by atoms with Crippen molar-refractivity contribution in [1.82, 2.24) is 0 Å². The van der Waals surface area contributed by atoms with Crippen molar-refractivity contribution >= 4 is 11.4 Å². The molecule has 0 saturated heterocycles. The first-order valence-electron chi connectivity index (χ1n) is 5.30. The Morgan fingerprint density at radius 1 is 1.60 bits per heavy atom. The van der Waals surface area contributed by atoms with Gasteiger partial charge in [-0.05, 0) is 30.5 Å². The molecule has 78 valence electrons. The van der Waals surface area contributed by atoms with Crippen molar-refractivity contribution in [2.45, 2.75) is 25.8 Å². The molecule has 1 saturated carbocycles. The second-order valence-electron chi connectivity index (χ2n) is 4.07. The Morgan fingerprint density at radius 2 is 2.40 bits per heavy atom. The minimum Gasteiger partial charge on any atom is -0.397 e. The van der Waals surface area contributed by atoms with Crippen molar-refractivity contribution in [1.29, 1.82) is 5.26 Å². The summed E-state index contributed by atoms with van der Waals surface area (Å²) < 4.78 is 0. The first-order chi connectivity index (χ1) is 7.24. The number of hydrogen-bond acceptors (Lipinski definition) is 3. The molecule has 1 aliphatic carbocycles. The largest absolute Gasteiger partial charge is 0.397 e. The van der Waals surface area contributed by atoms with E-state index < -0.39 is 0 Å². The van der Waals surface area contributed by atoms with Gasteiger partial charge in [-0.1, -0.05) is 13.3 Å². The second-order valence-corrected chi connectivity index (χ2v) is 4.07. The first kappa shape index (κ1) is 9.85. The molecule has 3 heteroatoms. The molecule has 1 aromatic carbocycles. The normalized spacial score (nSPS) is 23.2. The van der Waals surface area contributed by atoms with Gasteiger partial charge in [-0.25, -0.2) is 0 Å². The van der Waals surface area contributed by atoms with Gasteiger partial charge in [0.25, 0.3) is 0 Å². The molecule has 1 aliphatic rings. The summed E-state index contributed by atoms with van der Waals surface area (Å²) in [6.45, 7) is 2.20. The highest BCUT2D eigenvalue weighted by Crippen LogP contribution is 2.37. The molecular weight excluding hydrogens is 186 g/mol. The highest BCUT2D eigenvalue weighted by molar-refractivity contribution is 5.69. The van der Waals surface area contributed by atoms with E-state index in [4.69, 9.17) is 11.0 Å². The van der Waals surface area contributed by atoms with E-state index in [0.717, 1.165) is 17.3 Å². The van der Waals surface area contributed by atoms with Gasteiger partial charge in [-0.2, -0.15) is 5.26 Å². The van der Waals surface area contributed by atoms with Crippen LogP contribution in [0.3, 0.4) is 0 Å². The molecule has 2 atom stereocenters. The monoisotopic (exact) mass is 201 g/mol. The van der Waals surface area contributed by atoms with Crippen molar-refractivity contribution in [2.75, 3.05) is 11.1 Å². The van der Waals surface area contributed by atoms with Crippen LogP contribution >= 0.6 is 0 Å². The molecule has 0 radical (unpaired) electrons. The molecule has 15 heavy (non-hydrogen) atoms. The van der Waals surface area contributed by atoms with Crippen LogP contribution in [0.15, 0.2) is 18.2 Å². The number of nitrogens with two attached hydrogens (primary N) is 1. The minimum atomic E-state index is 0.547. The molecule has 0 bridgehead atoms. The van der Waals surface area contributed by atoms with Crippen LogP contribution in [0.25, 0.3) is 0 Å². The smallest absolute Gasteiger partial charge is 0.0992 e. The molecule has 2 rings (SSSR count). The Bertz CT molecular complexity index is 406. The summed E-state index contributed by atoms with van der Waals surface area (Å²) in [7, 11) is 0. The zero-order chi connectivity index (χ0) is 10.8. The molecule has 0 aromatic heterocycles. The van der Waals surface area contributed by atoms with Gasteiger partial charge in [-0.3, -0.25) is 0 Å². The highest BCUT2D eigenvalue weighted by Gasteiger charge is 2.35. The van der Waals surface area contributed by atoms with Crippen LogP contribution in [0.2, 0.25) is 0 Å². The summed E-state index contributed by atoms with van der Waals surface area (Å²) in [5.74, 6) is 0.773. The average molecular weight is 201 g/mol. The fraction of sp³-hybridized carbons (Fsp3) is 0.417. The third-order valence-electron chi connectivity index (χ3n) is 2.97. The summed E-state index contributed by atoms with van der Waals surface area (Å²) in [5.41, 5.74) is 8.10. The zero-order valence-corrected chi connectivity index (χ0v) is 8.83. The molecule has 1 fully saturated rings. The second kappa shape index (κ2) is 3.82. The van der Waals surface area contributed by atoms with Gasteiger partial charge >= 0.3 is 0 Å². The molecule has 3 N–H and O–H groups in total. The molecule has 0 amide bonds. The number of nitrogens with zero attached hydrogens (tertiary/aromatic N) is 1. The Balaban J connectivity index is 2.11. The third-order valence-corrected chi connectivity index (χ3v) is 2.97. The van der Waals surface area contributed by atoms with E-state index in [2.05, 4.69) is 18.3 Å². The van der Waals surface area contributed by atoms with Gasteiger partial charge in [0.1, 0.15) is 0 Å². The quantitative estimate of drug-likeness (QED) is 0.738. The molecule has 2 unspecified atom stereocenters. The summed E-state index contributed by atoms with van der Waals surface area (Å²) in [4.78, 5) is 0. The Kier molecular flexibility index (Phi) is 2.51. The maximum absolute atomic E-state index is 8.78. The van der Waals surface area contributed by atoms with Gasteiger partial charge in [0, 0.05) is 6.04 Å². The van der Waals surface area contributed by atoms with Crippen LogP contribution in [-0.4, -0.2) is 6.04 Å². The Labute approximate surface area is 89.9 Å². The maximum atomic E-state index is 8.78. The van der Waals surface area contributed by atoms with Crippen LogP contribution in [0, 0.1) is 17.2 Å². The number of benzene rings is 1. The van der Waals surface area contributed by atoms with Crippen LogP contribution < -0.4 is 11.1 Å². The number of nitriles is 1. The van der Waals surface area contributed by atoms with Crippen molar-refractivity contribution in [3.63, 3.8) is 0 Å². The van der Waals surface area contributed by atoms with E-state index in [9.17, 15) is 0 Å². The van der Waals surface area contributed by atoms with Crippen molar-refractivity contribution in [2.24, 2.45) is 5.92 Å². The van der Waals surface area contributed by atoms with E-state index in [0.29, 0.717) is 11.6 Å². The van der Waals surface area contributed by atoms with E-state index >= 15 is 0 Å². The lowest BCUT2D eigenvalue weighted by Crippen LogP contribution is -2.06. The van der Waals surface area contributed by atoms with Gasteiger partial charge in [0.05, 0.1) is 23.0 Å². The fourth-order valence-corrected chi connectivity index (χ4v) is 1.83. The van der Waals surface area contributed by atoms with E-state index in [1.165, 1.54) is 12.8 Å². The third kappa shape index (κ3) is 2.04. The van der Waals surface area contributed by atoms with E-state index in [1.807, 2.05) is 6.07 Å². The molecule has 1 aromatic rings. The summed E-state index contributed by atoms with van der Waals surface area (Å²) >= 11 is 0. The lowest BCUT2D eigenvalue weighted by atomic mass is 10.2. The van der Waals surface area contributed by atoms with Gasteiger partial charge in [0.2, 0.25) is 0 Å². The number of rotatable bonds is 3. The predicted octanol–water partition coefficient (Wildman–Crippen LogP) is 2.35. The average Bonchev–Trinajstić information content (AvgIpc) is 3.00. The summed E-state index contributed by atoms with van der Waals surface area (Å²) in [6.07, 6.45) is 2.42. The molecule has 3 nitrogen and oxygen atoms in total. The van der Waals surface area contributed by atoms with Gasteiger partial charge < -0.3 is 11.1 Å². The Morgan fingerprint density at radius 3 is 3.00 bits per heavy atom. The van der Waals surface area contributed by atoms with E-state index in [-0.39, 0.29) is 0 Å². The summed E-state index contributed by atoms with van der Waals surface area (Å²) in [5, 5.41) is 12.2. The Hall–Kier alpha value is -1.69. The minimum absolute atomic E-state index is 0.547. The standard InChI is InChI=1S/C12H15N3/c1-2-9-6-11(9)15-12-5-8(7-13)3-4-10(12)14/h3-5,9,11,15H,2,6,14H2,1H3.